The molecule has 130 valence electrons. The number of pyridine rings is 1. The van der Waals surface area contributed by atoms with Gasteiger partial charge in [-0.3, -0.25) is 4.79 Å². The molecule has 0 aliphatic heterocycles. The predicted octanol–water partition coefficient (Wildman–Crippen LogP) is 2.16. The van der Waals surface area contributed by atoms with Crippen molar-refractivity contribution in [3.63, 3.8) is 0 Å². The van der Waals surface area contributed by atoms with Crippen LogP contribution in [-0.4, -0.2) is 57.9 Å². The Hall–Kier alpha value is -2.93. The minimum absolute atomic E-state index is 0.211. The normalized spacial score (nSPS) is 11.2. The maximum Gasteiger partial charge on any atom is 0.325 e. The van der Waals surface area contributed by atoms with Gasteiger partial charge in [0.05, 0.1) is 0 Å². The fourth-order valence-corrected chi connectivity index (χ4v) is 2.63. The lowest BCUT2D eigenvalue weighted by molar-refractivity contribution is -0.137. The first-order valence-corrected chi connectivity index (χ1v) is 8.07. The maximum absolute atomic E-state index is 11.1. The Morgan fingerprint density at radius 1 is 1.24 bits per heavy atom. The smallest absolute Gasteiger partial charge is 0.325 e. The molecule has 0 amide bonds. The summed E-state index contributed by atoms with van der Waals surface area (Å²) in [6.45, 7) is 1.61. The van der Waals surface area contributed by atoms with Crippen molar-refractivity contribution in [2.24, 2.45) is 0 Å². The van der Waals surface area contributed by atoms with Gasteiger partial charge >= 0.3 is 5.97 Å². The molecule has 7 heteroatoms. The van der Waals surface area contributed by atoms with Gasteiger partial charge in [-0.15, -0.1) is 0 Å². The summed E-state index contributed by atoms with van der Waals surface area (Å²) in [6.07, 6.45) is 1.64. The van der Waals surface area contributed by atoms with Gasteiger partial charge in [0.15, 0.2) is 5.65 Å². The van der Waals surface area contributed by atoms with Crippen molar-refractivity contribution in [1.82, 2.24) is 19.7 Å². The van der Waals surface area contributed by atoms with E-state index in [1.807, 2.05) is 50.5 Å². The summed E-state index contributed by atoms with van der Waals surface area (Å²) < 4.78 is 1.43. The molecule has 0 saturated carbocycles. The Kier molecular flexibility index (Phi) is 4.95. The summed E-state index contributed by atoms with van der Waals surface area (Å²) in [6, 6.07) is 11.7. The molecule has 0 aliphatic carbocycles. The first-order chi connectivity index (χ1) is 12.0. The number of carboxylic acid groups (broad SMARTS) is 1. The van der Waals surface area contributed by atoms with E-state index in [1.165, 1.54) is 4.68 Å². The fraction of sp³-hybridized carbons (Fsp3) is 0.278. The summed E-state index contributed by atoms with van der Waals surface area (Å²) in [5.74, 6) is -0.943. The number of aliphatic carboxylic acids is 1. The van der Waals surface area contributed by atoms with Gasteiger partial charge < -0.3 is 15.3 Å². The van der Waals surface area contributed by atoms with Gasteiger partial charge in [-0.05, 0) is 38.4 Å². The number of carboxylic acids is 1. The molecule has 0 spiro atoms. The fourth-order valence-electron chi connectivity index (χ4n) is 2.63. The van der Waals surface area contributed by atoms with Gasteiger partial charge in [-0.2, -0.15) is 5.10 Å². The van der Waals surface area contributed by atoms with E-state index in [0.717, 1.165) is 35.4 Å². The Morgan fingerprint density at radius 2 is 2.00 bits per heavy atom. The van der Waals surface area contributed by atoms with Crippen molar-refractivity contribution in [3.05, 3.63) is 42.6 Å². The van der Waals surface area contributed by atoms with E-state index in [-0.39, 0.29) is 6.54 Å². The minimum atomic E-state index is -0.943. The summed E-state index contributed by atoms with van der Waals surface area (Å²) in [7, 11) is 4.08. The molecular formula is C18H21N5O2. The van der Waals surface area contributed by atoms with Gasteiger partial charge in [-0.25, -0.2) is 9.67 Å². The van der Waals surface area contributed by atoms with Crippen LogP contribution in [-0.2, 0) is 11.3 Å². The van der Waals surface area contributed by atoms with Crippen LogP contribution in [0.5, 0.6) is 0 Å². The highest BCUT2D eigenvalue weighted by Crippen LogP contribution is 2.27. The number of benzene rings is 1. The molecule has 0 bridgehead atoms. The summed E-state index contributed by atoms with van der Waals surface area (Å²) in [5, 5.41) is 17.7. The third kappa shape index (κ3) is 3.95. The zero-order valence-electron chi connectivity index (χ0n) is 14.3. The Labute approximate surface area is 145 Å². The van der Waals surface area contributed by atoms with Crippen molar-refractivity contribution >= 4 is 22.7 Å². The second kappa shape index (κ2) is 7.31. The Morgan fingerprint density at radius 3 is 2.68 bits per heavy atom. The van der Waals surface area contributed by atoms with Crippen LogP contribution in [0.1, 0.15) is 0 Å². The molecule has 0 fully saturated rings. The number of anilines is 1. The van der Waals surface area contributed by atoms with Crippen molar-refractivity contribution < 1.29 is 9.90 Å². The third-order valence-electron chi connectivity index (χ3n) is 3.84. The Balaban J connectivity index is 1.87. The van der Waals surface area contributed by atoms with Gasteiger partial charge in [0.1, 0.15) is 12.2 Å². The van der Waals surface area contributed by atoms with Crippen LogP contribution in [0, 0.1) is 0 Å². The molecule has 0 saturated heterocycles. The van der Waals surface area contributed by atoms with E-state index < -0.39 is 5.97 Å². The van der Waals surface area contributed by atoms with Crippen LogP contribution in [0.15, 0.2) is 42.6 Å². The van der Waals surface area contributed by atoms with Crippen LogP contribution in [0.4, 0.5) is 5.69 Å². The van der Waals surface area contributed by atoms with Crippen LogP contribution in [0.2, 0.25) is 0 Å². The van der Waals surface area contributed by atoms with Gasteiger partial charge in [-0.1, -0.05) is 12.1 Å². The number of carbonyl (C=O) groups is 1. The molecule has 2 aromatic heterocycles. The molecule has 0 unspecified atom stereocenters. The van der Waals surface area contributed by atoms with Crippen molar-refractivity contribution in [3.8, 4) is 11.3 Å². The average Bonchev–Trinajstić information content (AvgIpc) is 2.93. The van der Waals surface area contributed by atoms with E-state index in [9.17, 15) is 4.79 Å². The molecule has 2 heterocycles. The van der Waals surface area contributed by atoms with E-state index >= 15 is 0 Å². The topological polar surface area (TPSA) is 83.3 Å². The number of hydrogen-bond acceptors (Lipinski definition) is 5. The monoisotopic (exact) mass is 339 g/mol. The number of rotatable bonds is 7. The molecule has 0 atom stereocenters. The molecule has 25 heavy (non-hydrogen) atoms. The second-order valence-electron chi connectivity index (χ2n) is 6.08. The Bertz CT molecular complexity index is 871. The number of aromatic nitrogens is 3. The molecular weight excluding hydrogens is 318 g/mol. The quantitative estimate of drug-likeness (QED) is 0.686. The summed E-state index contributed by atoms with van der Waals surface area (Å²) >= 11 is 0. The highest BCUT2D eigenvalue weighted by Gasteiger charge is 2.14. The van der Waals surface area contributed by atoms with E-state index in [0.29, 0.717) is 5.65 Å². The molecule has 3 rings (SSSR count). The lowest BCUT2D eigenvalue weighted by Crippen LogP contribution is -2.20. The SMILES string of the molecule is CN(C)CCNc1ccc(-c2nn(CC(=O)O)c3ncccc23)cc1. The van der Waals surface area contributed by atoms with Crippen molar-refractivity contribution in [2.75, 3.05) is 32.5 Å². The highest BCUT2D eigenvalue weighted by molar-refractivity contribution is 5.91. The van der Waals surface area contributed by atoms with Gasteiger partial charge in [0.25, 0.3) is 0 Å². The van der Waals surface area contributed by atoms with E-state index in [2.05, 4.69) is 20.3 Å². The van der Waals surface area contributed by atoms with E-state index in [4.69, 9.17) is 5.11 Å². The number of likely N-dealkylation sites (N-methyl/N-ethyl adjacent to an activating group) is 1. The van der Waals surface area contributed by atoms with Crippen molar-refractivity contribution in [1.29, 1.82) is 0 Å². The average molecular weight is 339 g/mol. The van der Waals surface area contributed by atoms with Crippen molar-refractivity contribution in [2.45, 2.75) is 6.54 Å². The maximum atomic E-state index is 11.1. The molecule has 1 aromatic carbocycles. The first-order valence-electron chi connectivity index (χ1n) is 8.07. The van der Waals surface area contributed by atoms with Crippen LogP contribution in [0.3, 0.4) is 0 Å². The molecule has 0 radical (unpaired) electrons. The zero-order chi connectivity index (χ0) is 17.8. The van der Waals surface area contributed by atoms with Crippen LogP contribution < -0.4 is 5.32 Å². The molecule has 2 N–H and O–H groups in total. The zero-order valence-corrected chi connectivity index (χ0v) is 14.3. The number of nitrogens with one attached hydrogen (secondary N) is 1. The molecule has 0 aliphatic rings. The predicted molar refractivity (Wildman–Crippen MR) is 97.6 cm³/mol. The standard InChI is InChI=1S/C18H21N5O2/c1-22(2)11-10-19-14-7-5-13(6-8-14)17-15-4-3-9-20-18(15)23(21-17)12-16(24)25/h3-9,19H,10-12H2,1-2H3,(H,24,25). The molecule has 3 aromatic rings. The second-order valence-corrected chi connectivity index (χ2v) is 6.08. The van der Waals surface area contributed by atoms with E-state index in [1.54, 1.807) is 6.20 Å². The highest BCUT2D eigenvalue weighted by atomic mass is 16.4. The summed E-state index contributed by atoms with van der Waals surface area (Å²) in [4.78, 5) is 17.4. The van der Waals surface area contributed by atoms with Crippen LogP contribution >= 0.6 is 0 Å². The van der Waals surface area contributed by atoms with Gasteiger partial charge in [0, 0.05) is 35.9 Å². The lowest BCUT2D eigenvalue weighted by Gasteiger charge is -2.11. The minimum Gasteiger partial charge on any atom is -0.480 e. The lowest BCUT2D eigenvalue weighted by atomic mass is 10.1. The largest absolute Gasteiger partial charge is 0.480 e. The van der Waals surface area contributed by atoms with Crippen LogP contribution in [0.25, 0.3) is 22.3 Å². The summed E-state index contributed by atoms with van der Waals surface area (Å²) in [5.41, 5.74) is 3.29. The molecule has 7 nitrogen and oxygen atoms in total. The number of hydrogen-bond donors (Lipinski definition) is 2. The number of nitrogens with zero attached hydrogens (tertiary/aromatic N) is 4. The first kappa shape index (κ1) is 16.9. The number of fused-ring (bicyclic) bond motifs is 1. The van der Waals surface area contributed by atoms with Gasteiger partial charge in [0.2, 0.25) is 0 Å². The third-order valence-corrected chi connectivity index (χ3v) is 3.84.